The second-order valence-corrected chi connectivity index (χ2v) is 6.70. The van der Waals surface area contributed by atoms with Crippen LogP contribution in [0, 0.1) is 10.1 Å². The number of carbonyl (C=O) groups is 1. The van der Waals surface area contributed by atoms with Crippen molar-refractivity contribution < 1.29 is 9.72 Å². The number of para-hydroxylation sites is 1. The van der Waals surface area contributed by atoms with Crippen molar-refractivity contribution in [2.24, 2.45) is 7.05 Å². The number of hydrogen-bond donors (Lipinski definition) is 1. The Bertz CT molecular complexity index is 1110. The van der Waals surface area contributed by atoms with Crippen LogP contribution in [0.1, 0.15) is 10.5 Å². The molecular formula is C19H19N5O4. The molecule has 1 aliphatic heterocycles. The van der Waals surface area contributed by atoms with Crippen molar-refractivity contribution >= 4 is 28.2 Å². The monoisotopic (exact) mass is 381 g/mol. The Morgan fingerprint density at radius 3 is 2.46 bits per heavy atom. The van der Waals surface area contributed by atoms with Crippen molar-refractivity contribution in [3.63, 3.8) is 0 Å². The van der Waals surface area contributed by atoms with Crippen molar-refractivity contribution in [3.05, 3.63) is 68.8 Å². The third-order valence-corrected chi connectivity index (χ3v) is 5.15. The molecule has 0 atom stereocenters. The number of nitro groups is 1. The molecule has 1 saturated heterocycles. The molecule has 1 aromatic carbocycles. The molecule has 1 amide bonds. The van der Waals surface area contributed by atoms with Crippen LogP contribution in [0.25, 0.3) is 10.9 Å². The number of aromatic amines is 1. The highest BCUT2D eigenvalue weighted by molar-refractivity contribution is 5.97. The minimum absolute atomic E-state index is 0.104. The number of nitrogens with one attached hydrogen (secondary N) is 1. The molecule has 4 rings (SSSR count). The SMILES string of the molecule is Cn1c(=O)c([N+](=O)[O-])c(N2CCN(C(=O)c3ccc[nH]3)CC2)c2ccccc21. The van der Waals surface area contributed by atoms with Gasteiger partial charge in [0.1, 0.15) is 11.4 Å². The predicted molar refractivity (Wildman–Crippen MR) is 105 cm³/mol. The average Bonchev–Trinajstić information content (AvgIpc) is 3.25. The van der Waals surface area contributed by atoms with Crippen molar-refractivity contribution in [1.82, 2.24) is 14.5 Å². The van der Waals surface area contributed by atoms with Crippen LogP contribution in [-0.2, 0) is 7.05 Å². The summed E-state index contributed by atoms with van der Waals surface area (Å²) in [6.45, 7) is 1.64. The maximum absolute atomic E-state index is 12.6. The fraction of sp³-hybridized carbons (Fsp3) is 0.263. The molecule has 0 unspecified atom stereocenters. The van der Waals surface area contributed by atoms with Crippen LogP contribution in [0.3, 0.4) is 0 Å². The number of piperazine rings is 1. The highest BCUT2D eigenvalue weighted by atomic mass is 16.6. The van der Waals surface area contributed by atoms with E-state index in [1.807, 2.05) is 4.90 Å². The van der Waals surface area contributed by atoms with Gasteiger partial charge in [0.15, 0.2) is 0 Å². The Balaban J connectivity index is 1.71. The van der Waals surface area contributed by atoms with Crippen molar-refractivity contribution in [3.8, 4) is 0 Å². The number of carbonyl (C=O) groups excluding carboxylic acids is 1. The third-order valence-electron chi connectivity index (χ3n) is 5.15. The Labute approximate surface area is 159 Å². The molecule has 1 fully saturated rings. The van der Waals surface area contributed by atoms with Crippen LogP contribution < -0.4 is 10.5 Å². The van der Waals surface area contributed by atoms with Crippen LogP contribution in [0.4, 0.5) is 11.4 Å². The molecule has 0 saturated carbocycles. The lowest BCUT2D eigenvalue weighted by Gasteiger charge is -2.36. The summed E-state index contributed by atoms with van der Waals surface area (Å²) in [4.78, 5) is 42.7. The van der Waals surface area contributed by atoms with Gasteiger partial charge >= 0.3 is 11.2 Å². The lowest BCUT2D eigenvalue weighted by atomic mass is 10.1. The first-order valence-corrected chi connectivity index (χ1v) is 8.92. The van der Waals surface area contributed by atoms with Gasteiger partial charge in [0, 0.05) is 44.8 Å². The predicted octanol–water partition coefficient (Wildman–Crippen LogP) is 1.74. The lowest BCUT2D eigenvalue weighted by molar-refractivity contribution is -0.385. The van der Waals surface area contributed by atoms with Gasteiger partial charge in [-0.25, -0.2) is 0 Å². The third kappa shape index (κ3) is 2.81. The van der Waals surface area contributed by atoms with Crippen molar-refractivity contribution in [2.75, 3.05) is 31.1 Å². The number of amides is 1. The lowest BCUT2D eigenvalue weighted by Crippen LogP contribution is -2.49. The maximum atomic E-state index is 12.6. The molecule has 9 heteroatoms. The number of anilines is 1. The summed E-state index contributed by atoms with van der Waals surface area (Å²) in [5.74, 6) is -0.104. The fourth-order valence-electron chi connectivity index (χ4n) is 3.71. The van der Waals surface area contributed by atoms with Crippen LogP contribution in [0.15, 0.2) is 47.4 Å². The van der Waals surface area contributed by atoms with Crippen LogP contribution in [-0.4, -0.2) is 51.5 Å². The van der Waals surface area contributed by atoms with Crippen molar-refractivity contribution in [1.29, 1.82) is 0 Å². The maximum Gasteiger partial charge on any atom is 0.357 e. The second-order valence-electron chi connectivity index (χ2n) is 6.70. The number of H-pyrrole nitrogens is 1. The quantitative estimate of drug-likeness (QED) is 0.550. The summed E-state index contributed by atoms with van der Waals surface area (Å²) >= 11 is 0. The number of rotatable bonds is 3. The molecule has 0 bridgehead atoms. The van der Waals surface area contributed by atoms with Crippen LogP contribution >= 0.6 is 0 Å². The second kappa shape index (κ2) is 6.84. The van der Waals surface area contributed by atoms with E-state index in [0.29, 0.717) is 48.5 Å². The topological polar surface area (TPSA) is 104 Å². The molecule has 9 nitrogen and oxygen atoms in total. The van der Waals surface area contributed by atoms with Gasteiger partial charge in [-0.1, -0.05) is 18.2 Å². The van der Waals surface area contributed by atoms with E-state index in [4.69, 9.17) is 0 Å². The number of pyridine rings is 1. The minimum atomic E-state index is -0.636. The van der Waals surface area contributed by atoms with E-state index >= 15 is 0 Å². The van der Waals surface area contributed by atoms with Gasteiger partial charge in [-0.2, -0.15) is 0 Å². The van der Waals surface area contributed by atoms with Gasteiger partial charge < -0.3 is 19.4 Å². The van der Waals surface area contributed by atoms with Gasteiger partial charge in [0.05, 0.1) is 10.4 Å². The zero-order valence-electron chi connectivity index (χ0n) is 15.3. The number of benzene rings is 1. The molecule has 1 aliphatic rings. The zero-order valence-corrected chi connectivity index (χ0v) is 15.3. The number of aryl methyl sites for hydroxylation is 1. The molecule has 3 heterocycles. The highest BCUT2D eigenvalue weighted by Gasteiger charge is 2.31. The number of hydrogen-bond acceptors (Lipinski definition) is 5. The summed E-state index contributed by atoms with van der Waals surface area (Å²) in [5.41, 5.74) is 0.418. The molecule has 144 valence electrons. The van der Waals surface area contributed by atoms with Gasteiger partial charge in [0.25, 0.3) is 5.91 Å². The highest BCUT2D eigenvalue weighted by Crippen LogP contribution is 2.33. The molecule has 0 spiro atoms. The van der Waals surface area contributed by atoms with Gasteiger partial charge in [-0.3, -0.25) is 19.7 Å². The van der Waals surface area contributed by atoms with Gasteiger partial charge in [0.2, 0.25) is 0 Å². The summed E-state index contributed by atoms with van der Waals surface area (Å²) in [5, 5.41) is 12.4. The van der Waals surface area contributed by atoms with E-state index in [0.717, 1.165) is 0 Å². The number of fused-ring (bicyclic) bond motifs is 1. The van der Waals surface area contributed by atoms with E-state index in [1.165, 1.54) is 11.6 Å². The molecule has 0 aliphatic carbocycles. The fourth-order valence-corrected chi connectivity index (χ4v) is 3.71. The zero-order chi connectivity index (χ0) is 19.8. The van der Waals surface area contributed by atoms with E-state index < -0.39 is 16.2 Å². The molecule has 2 aromatic heterocycles. The van der Waals surface area contributed by atoms with Gasteiger partial charge in [-0.15, -0.1) is 0 Å². The average molecular weight is 381 g/mol. The van der Waals surface area contributed by atoms with E-state index in [2.05, 4.69) is 4.98 Å². The molecule has 0 radical (unpaired) electrons. The number of aromatic nitrogens is 2. The molecule has 3 aromatic rings. The Morgan fingerprint density at radius 2 is 1.82 bits per heavy atom. The van der Waals surface area contributed by atoms with E-state index in [9.17, 15) is 19.7 Å². The first-order valence-electron chi connectivity index (χ1n) is 8.92. The first kappa shape index (κ1) is 17.8. The normalized spacial score (nSPS) is 14.5. The number of nitrogens with zero attached hydrogens (tertiary/aromatic N) is 4. The molecule has 28 heavy (non-hydrogen) atoms. The first-order chi connectivity index (χ1) is 13.5. The molecular weight excluding hydrogens is 362 g/mol. The Hall–Kier alpha value is -3.62. The summed E-state index contributed by atoms with van der Waals surface area (Å²) < 4.78 is 1.31. The minimum Gasteiger partial charge on any atom is -0.362 e. The van der Waals surface area contributed by atoms with Crippen LogP contribution in [0.2, 0.25) is 0 Å². The summed E-state index contributed by atoms with van der Waals surface area (Å²) in [6, 6.07) is 10.6. The molecule has 1 N–H and O–H groups in total. The summed E-state index contributed by atoms with van der Waals surface area (Å²) in [6.07, 6.45) is 1.69. The van der Waals surface area contributed by atoms with Gasteiger partial charge in [-0.05, 0) is 18.2 Å². The van der Waals surface area contributed by atoms with E-state index in [-0.39, 0.29) is 5.91 Å². The van der Waals surface area contributed by atoms with E-state index in [1.54, 1.807) is 47.5 Å². The van der Waals surface area contributed by atoms with Crippen LogP contribution in [0.5, 0.6) is 0 Å². The smallest absolute Gasteiger partial charge is 0.357 e. The summed E-state index contributed by atoms with van der Waals surface area (Å²) in [7, 11) is 1.54. The Kier molecular flexibility index (Phi) is 4.34. The standard InChI is InChI=1S/C19H19N5O4/c1-21-15-7-3-2-5-13(15)16(17(19(21)26)24(27)28)22-9-11-23(12-10-22)18(25)14-6-4-8-20-14/h2-8,20H,9-12H2,1H3. The Morgan fingerprint density at radius 1 is 1.11 bits per heavy atom. The largest absolute Gasteiger partial charge is 0.362 e. The van der Waals surface area contributed by atoms with Crippen molar-refractivity contribution in [2.45, 2.75) is 0 Å².